The minimum Gasteiger partial charge on any atom is -0.469 e. The van der Waals surface area contributed by atoms with E-state index in [0.717, 1.165) is 25.9 Å². The van der Waals surface area contributed by atoms with E-state index in [-0.39, 0.29) is 12.1 Å². The molecule has 5 nitrogen and oxygen atoms in total. The Kier molecular flexibility index (Phi) is 8.06. The maximum atomic E-state index is 11.7. The molecule has 0 aromatic heterocycles. The van der Waals surface area contributed by atoms with Gasteiger partial charge in [-0.3, -0.25) is 4.79 Å². The van der Waals surface area contributed by atoms with Crippen LogP contribution in [0.5, 0.6) is 0 Å². The standard InChI is InChI=1S/C29H52N2O3/c1-19(7-10-26(33)34-6)22-8-9-23-27-24(12-14-29(22,23)3)28(2)13-11-21(30-15-16-31(4)5)17-20(28)18-25(27)32/h19-25,27,30,32H,7-18H2,1-6H3/t19-,20+,21?,22-,23?,24?,25-,27?,28+,29-/m1/s1. The van der Waals surface area contributed by atoms with Crippen molar-refractivity contribution in [2.45, 2.75) is 97.1 Å². The predicted octanol–water partition coefficient (Wildman–Crippen LogP) is 4.73. The minimum absolute atomic E-state index is 0.0799. The third-order valence-corrected chi connectivity index (χ3v) is 11.5. The Morgan fingerprint density at radius 1 is 1.09 bits per heavy atom. The summed E-state index contributed by atoms with van der Waals surface area (Å²) >= 11 is 0. The van der Waals surface area contributed by atoms with Crippen LogP contribution in [0.3, 0.4) is 0 Å². The Morgan fingerprint density at radius 2 is 1.79 bits per heavy atom. The molecule has 4 fully saturated rings. The number of nitrogens with one attached hydrogen (secondary N) is 1. The highest BCUT2D eigenvalue weighted by Crippen LogP contribution is 2.68. The van der Waals surface area contributed by atoms with Gasteiger partial charge in [0.2, 0.25) is 0 Å². The summed E-state index contributed by atoms with van der Waals surface area (Å²) in [6.07, 6.45) is 11.3. The number of esters is 1. The summed E-state index contributed by atoms with van der Waals surface area (Å²) in [6, 6.07) is 0.613. The van der Waals surface area contributed by atoms with Gasteiger partial charge in [-0.05, 0) is 118 Å². The first kappa shape index (κ1) is 26.4. The SMILES string of the molecule is COC(=O)CC[C@@H](C)[C@H]1CCC2C3C(CC[C@@]21C)[C@@]1(C)CCC(NCCN(C)C)C[C@H]1C[C@H]3O. The molecule has 0 aromatic rings. The molecule has 34 heavy (non-hydrogen) atoms. The Morgan fingerprint density at radius 3 is 2.50 bits per heavy atom. The van der Waals surface area contributed by atoms with E-state index in [2.05, 4.69) is 45.1 Å². The lowest BCUT2D eigenvalue weighted by atomic mass is 9.43. The summed E-state index contributed by atoms with van der Waals surface area (Å²) in [5, 5.41) is 15.4. The molecule has 0 bridgehead atoms. The fourth-order valence-electron chi connectivity index (χ4n) is 9.52. The molecule has 4 aliphatic carbocycles. The second kappa shape index (κ2) is 10.4. The molecule has 0 aromatic carbocycles. The Balaban J connectivity index is 1.43. The van der Waals surface area contributed by atoms with Crippen molar-refractivity contribution in [3.63, 3.8) is 0 Å². The summed E-state index contributed by atoms with van der Waals surface area (Å²) in [6.45, 7) is 9.63. The number of likely N-dealkylation sites (N-methyl/N-ethyl adjacent to an activating group) is 1. The zero-order chi connectivity index (χ0) is 24.7. The monoisotopic (exact) mass is 476 g/mol. The first-order valence-corrected chi connectivity index (χ1v) is 14.2. The quantitative estimate of drug-likeness (QED) is 0.496. The van der Waals surface area contributed by atoms with Gasteiger partial charge in [0.1, 0.15) is 0 Å². The fraction of sp³-hybridized carbons (Fsp3) is 0.966. The molecule has 0 spiro atoms. The molecule has 5 heteroatoms. The molecule has 0 amide bonds. The van der Waals surface area contributed by atoms with Crippen molar-refractivity contribution in [3.05, 3.63) is 0 Å². The number of hydrogen-bond donors (Lipinski definition) is 2. The van der Waals surface area contributed by atoms with Gasteiger partial charge in [-0.2, -0.15) is 0 Å². The number of rotatable bonds is 8. The largest absolute Gasteiger partial charge is 0.469 e. The van der Waals surface area contributed by atoms with Crippen LogP contribution in [-0.2, 0) is 9.53 Å². The Hall–Kier alpha value is -0.650. The maximum absolute atomic E-state index is 11.7. The van der Waals surface area contributed by atoms with Crippen molar-refractivity contribution in [2.75, 3.05) is 34.3 Å². The van der Waals surface area contributed by atoms with Crippen molar-refractivity contribution in [3.8, 4) is 0 Å². The van der Waals surface area contributed by atoms with Crippen molar-refractivity contribution in [1.82, 2.24) is 10.2 Å². The smallest absolute Gasteiger partial charge is 0.305 e. The van der Waals surface area contributed by atoms with Crippen molar-refractivity contribution >= 4 is 5.97 Å². The van der Waals surface area contributed by atoms with Crippen molar-refractivity contribution in [1.29, 1.82) is 0 Å². The van der Waals surface area contributed by atoms with E-state index in [4.69, 9.17) is 4.74 Å². The lowest BCUT2D eigenvalue weighted by Gasteiger charge is -2.62. The van der Waals surface area contributed by atoms with E-state index in [1.54, 1.807) is 0 Å². The molecule has 0 heterocycles. The highest BCUT2D eigenvalue weighted by molar-refractivity contribution is 5.69. The average molecular weight is 477 g/mol. The molecule has 0 radical (unpaired) electrons. The number of carbonyl (C=O) groups is 1. The molecule has 10 atom stereocenters. The molecule has 0 aliphatic heterocycles. The van der Waals surface area contributed by atoms with E-state index < -0.39 is 0 Å². The third-order valence-electron chi connectivity index (χ3n) is 11.5. The Labute approximate surface area is 208 Å². The first-order valence-electron chi connectivity index (χ1n) is 14.2. The van der Waals surface area contributed by atoms with Crippen molar-refractivity contribution in [2.24, 2.45) is 46.3 Å². The number of methoxy groups -OCH3 is 1. The van der Waals surface area contributed by atoms with Crippen LogP contribution in [0, 0.1) is 46.3 Å². The summed E-state index contributed by atoms with van der Waals surface area (Å²) in [4.78, 5) is 14.0. The number of aliphatic hydroxyl groups is 1. The lowest BCUT2D eigenvalue weighted by Crippen LogP contribution is -2.59. The van der Waals surface area contributed by atoms with Gasteiger partial charge >= 0.3 is 5.97 Å². The fourth-order valence-corrected chi connectivity index (χ4v) is 9.52. The molecule has 4 saturated carbocycles. The molecule has 0 saturated heterocycles. The highest BCUT2D eigenvalue weighted by atomic mass is 16.5. The van der Waals surface area contributed by atoms with E-state index in [1.165, 1.54) is 52.1 Å². The van der Waals surface area contributed by atoms with Crippen LogP contribution in [0.4, 0.5) is 0 Å². The minimum atomic E-state index is -0.141. The summed E-state index contributed by atoms with van der Waals surface area (Å²) < 4.78 is 4.90. The lowest BCUT2D eigenvalue weighted by molar-refractivity contribution is -0.167. The van der Waals surface area contributed by atoms with Gasteiger partial charge in [0.25, 0.3) is 0 Å². The van der Waals surface area contributed by atoms with Crippen LogP contribution >= 0.6 is 0 Å². The number of hydrogen-bond acceptors (Lipinski definition) is 5. The van der Waals surface area contributed by atoms with Gasteiger partial charge in [0.15, 0.2) is 0 Å². The summed E-state index contributed by atoms with van der Waals surface area (Å²) in [5.74, 6) is 3.55. The molecule has 4 rings (SSSR count). The van der Waals surface area contributed by atoms with Crippen LogP contribution in [-0.4, -0.2) is 62.4 Å². The average Bonchev–Trinajstić information content (AvgIpc) is 3.15. The van der Waals surface area contributed by atoms with Gasteiger partial charge in [0.05, 0.1) is 13.2 Å². The van der Waals surface area contributed by atoms with Crippen LogP contribution in [0.2, 0.25) is 0 Å². The summed E-state index contributed by atoms with van der Waals surface area (Å²) in [5.41, 5.74) is 0.700. The second-order valence-corrected chi connectivity index (χ2v) is 13.3. The molecular formula is C29H52N2O3. The van der Waals surface area contributed by atoms with E-state index >= 15 is 0 Å². The number of fused-ring (bicyclic) bond motifs is 5. The van der Waals surface area contributed by atoms with E-state index in [1.807, 2.05) is 0 Å². The first-order chi connectivity index (χ1) is 16.1. The molecule has 4 unspecified atom stereocenters. The van der Waals surface area contributed by atoms with E-state index in [9.17, 15) is 9.90 Å². The topological polar surface area (TPSA) is 61.8 Å². The molecule has 196 valence electrons. The van der Waals surface area contributed by atoms with Gasteiger partial charge in [-0.25, -0.2) is 0 Å². The zero-order valence-electron chi connectivity index (χ0n) is 22.8. The predicted molar refractivity (Wildman–Crippen MR) is 137 cm³/mol. The van der Waals surface area contributed by atoms with Gasteiger partial charge in [-0.1, -0.05) is 20.8 Å². The van der Waals surface area contributed by atoms with E-state index in [0.29, 0.717) is 58.8 Å². The Bertz CT molecular complexity index is 713. The zero-order valence-corrected chi connectivity index (χ0v) is 22.8. The third kappa shape index (κ3) is 4.83. The van der Waals surface area contributed by atoms with Gasteiger partial charge in [0, 0.05) is 25.6 Å². The second-order valence-electron chi connectivity index (χ2n) is 13.3. The number of nitrogens with zero attached hydrogens (tertiary/aromatic N) is 1. The molecule has 4 aliphatic rings. The highest BCUT2D eigenvalue weighted by Gasteiger charge is 2.62. The summed E-state index contributed by atoms with van der Waals surface area (Å²) in [7, 11) is 5.77. The number of ether oxygens (including phenoxy) is 1. The van der Waals surface area contributed by atoms with Crippen molar-refractivity contribution < 1.29 is 14.6 Å². The normalized spacial score (nSPS) is 44.8. The van der Waals surface area contributed by atoms with Crippen LogP contribution < -0.4 is 5.32 Å². The van der Waals surface area contributed by atoms with Crippen LogP contribution in [0.25, 0.3) is 0 Å². The maximum Gasteiger partial charge on any atom is 0.305 e. The van der Waals surface area contributed by atoms with Crippen LogP contribution in [0.15, 0.2) is 0 Å². The van der Waals surface area contributed by atoms with Gasteiger partial charge in [-0.15, -0.1) is 0 Å². The molecular weight excluding hydrogens is 424 g/mol. The number of aliphatic hydroxyl groups excluding tert-OH is 1. The molecule has 2 N–H and O–H groups in total. The number of carbonyl (C=O) groups excluding carboxylic acids is 1. The van der Waals surface area contributed by atoms with Crippen LogP contribution in [0.1, 0.15) is 85.0 Å². The van der Waals surface area contributed by atoms with Gasteiger partial charge < -0.3 is 20.1 Å².